The van der Waals surface area contributed by atoms with Crippen LogP contribution < -0.4 is 5.32 Å². The first-order valence-corrected chi connectivity index (χ1v) is 10.9. The maximum absolute atomic E-state index is 13.5. The van der Waals surface area contributed by atoms with Crippen LogP contribution in [0.3, 0.4) is 0 Å². The van der Waals surface area contributed by atoms with E-state index in [4.69, 9.17) is 4.99 Å². The number of benzene rings is 3. The Labute approximate surface area is 180 Å². The third kappa shape index (κ3) is 4.46. The molecule has 4 rings (SSSR count). The molecule has 0 atom stereocenters. The number of carbonyl (C=O) groups is 1. The van der Waals surface area contributed by atoms with E-state index >= 15 is 0 Å². The standard InChI is InChI=1S/C25H23FN2OS/c1-16(2)13-14-27-25(29)18-9-12-23-21(15-18)28-24(17-7-10-19(26)11-8-17)20-5-3-4-6-22(20)30-23/h3-12,15-16H,13-14H2,1-2H3,(H,27,29). The maximum Gasteiger partial charge on any atom is 0.251 e. The number of nitrogens with one attached hydrogen (secondary N) is 1. The molecule has 1 aliphatic rings. The Hall–Kier alpha value is -2.92. The molecule has 3 aromatic rings. The lowest BCUT2D eigenvalue weighted by Crippen LogP contribution is -2.25. The molecule has 1 aliphatic heterocycles. The molecular formula is C25H23FN2OS. The summed E-state index contributed by atoms with van der Waals surface area (Å²) in [4.78, 5) is 19.6. The van der Waals surface area contributed by atoms with E-state index in [2.05, 4.69) is 25.2 Å². The molecule has 5 heteroatoms. The van der Waals surface area contributed by atoms with Gasteiger partial charge in [-0.2, -0.15) is 0 Å². The normalized spacial score (nSPS) is 12.6. The summed E-state index contributed by atoms with van der Waals surface area (Å²) in [6.45, 7) is 4.92. The highest BCUT2D eigenvalue weighted by Crippen LogP contribution is 2.41. The lowest BCUT2D eigenvalue weighted by Gasteiger charge is -2.09. The van der Waals surface area contributed by atoms with Gasteiger partial charge in [0, 0.05) is 33.0 Å². The minimum absolute atomic E-state index is 0.0938. The molecule has 0 aromatic heterocycles. The van der Waals surface area contributed by atoms with Crippen LogP contribution >= 0.6 is 11.8 Å². The van der Waals surface area contributed by atoms with Gasteiger partial charge in [0.2, 0.25) is 0 Å². The molecule has 0 unspecified atom stereocenters. The minimum atomic E-state index is -0.281. The van der Waals surface area contributed by atoms with E-state index in [1.165, 1.54) is 12.1 Å². The van der Waals surface area contributed by atoms with Crippen LogP contribution in [0.5, 0.6) is 0 Å². The maximum atomic E-state index is 13.5. The van der Waals surface area contributed by atoms with E-state index in [0.717, 1.165) is 38.7 Å². The van der Waals surface area contributed by atoms with E-state index in [1.54, 1.807) is 23.9 Å². The Morgan fingerprint density at radius 3 is 2.57 bits per heavy atom. The van der Waals surface area contributed by atoms with E-state index < -0.39 is 0 Å². The second kappa shape index (κ2) is 8.84. The SMILES string of the molecule is CC(C)CCNC(=O)c1ccc2c(c1)N=C(c1ccc(F)cc1)c1ccccc1S2. The molecule has 3 nitrogen and oxygen atoms in total. The van der Waals surface area contributed by atoms with Gasteiger partial charge in [0.1, 0.15) is 5.82 Å². The van der Waals surface area contributed by atoms with Crippen LogP contribution in [0.15, 0.2) is 81.5 Å². The summed E-state index contributed by atoms with van der Waals surface area (Å²) in [5.74, 6) is 0.162. The van der Waals surface area contributed by atoms with Crippen molar-refractivity contribution in [2.75, 3.05) is 6.54 Å². The zero-order chi connectivity index (χ0) is 21.1. The summed E-state index contributed by atoms with van der Waals surface area (Å²) in [5, 5.41) is 2.98. The second-order valence-corrected chi connectivity index (χ2v) is 8.77. The third-order valence-electron chi connectivity index (χ3n) is 4.94. The van der Waals surface area contributed by atoms with Crippen LogP contribution in [-0.2, 0) is 0 Å². The molecule has 0 saturated heterocycles. The average Bonchev–Trinajstić information content (AvgIpc) is 2.90. The first kappa shape index (κ1) is 20.4. The Kier molecular flexibility index (Phi) is 6.00. The first-order valence-electron chi connectivity index (χ1n) is 10.1. The van der Waals surface area contributed by atoms with E-state index in [9.17, 15) is 9.18 Å². The quantitative estimate of drug-likeness (QED) is 0.417. The van der Waals surface area contributed by atoms with E-state index in [1.807, 2.05) is 36.4 Å². The molecule has 3 aromatic carbocycles. The smallest absolute Gasteiger partial charge is 0.251 e. The first-order chi connectivity index (χ1) is 14.5. The van der Waals surface area contributed by atoms with Crippen molar-refractivity contribution in [2.45, 2.75) is 30.1 Å². The highest BCUT2D eigenvalue weighted by atomic mass is 32.2. The number of fused-ring (bicyclic) bond motifs is 2. The van der Waals surface area contributed by atoms with Crippen LogP contribution in [0.4, 0.5) is 10.1 Å². The minimum Gasteiger partial charge on any atom is -0.352 e. The molecular weight excluding hydrogens is 395 g/mol. The van der Waals surface area contributed by atoms with Crippen LogP contribution in [0, 0.1) is 11.7 Å². The van der Waals surface area contributed by atoms with Crippen molar-refractivity contribution in [3.8, 4) is 0 Å². The summed E-state index contributed by atoms with van der Waals surface area (Å²) in [7, 11) is 0. The van der Waals surface area contributed by atoms with Gasteiger partial charge in [-0.3, -0.25) is 4.79 Å². The zero-order valence-corrected chi connectivity index (χ0v) is 17.8. The van der Waals surface area contributed by atoms with Gasteiger partial charge in [-0.25, -0.2) is 9.38 Å². The van der Waals surface area contributed by atoms with Gasteiger partial charge in [0.15, 0.2) is 0 Å². The molecule has 0 aliphatic carbocycles. The molecule has 1 N–H and O–H groups in total. The average molecular weight is 419 g/mol. The third-order valence-corrected chi connectivity index (χ3v) is 6.08. The molecule has 0 saturated carbocycles. The summed E-state index contributed by atoms with van der Waals surface area (Å²) in [6, 6.07) is 20.0. The number of halogens is 1. The van der Waals surface area contributed by atoms with Gasteiger partial charge in [-0.1, -0.05) is 43.8 Å². The van der Waals surface area contributed by atoms with Crippen LogP contribution in [0.25, 0.3) is 0 Å². The van der Waals surface area contributed by atoms with Crippen molar-refractivity contribution in [2.24, 2.45) is 10.9 Å². The summed E-state index contributed by atoms with van der Waals surface area (Å²) in [6.07, 6.45) is 0.939. The van der Waals surface area contributed by atoms with Crippen LogP contribution in [0.1, 0.15) is 41.8 Å². The zero-order valence-electron chi connectivity index (χ0n) is 17.0. The van der Waals surface area contributed by atoms with Gasteiger partial charge in [-0.15, -0.1) is 0 Å². The Morgan fingerprint density at radius 2 is 1.80 bits per heavy atom. The van der Waals surface area contributed by atoms with Crippen LogP contribution in [-0.4, -0.2) is 18.2 Å². The predicted octanol–water partition coefficient (Wildman–Crippen LogP) is 6.24. The van der Waals surface area contributed by atoms with Crippen molar-refractivity contribution in [1.29, 1.82) is 0 Å². The fourth-order valence-electron chi connectivity index (χ4n) is 3.29. The molecule has 1 heterocycles. The molecule has 0 fully saturated rings. The largest absolute Gasteiger partial charge is 0.352 e. The number of hydrogen-bond donors (Lipinski definition) is 1. The molecule has 152 valence electrons. The van der Waals surface area contributed by atoms with E-state index in [0.29, 0.717) is 18.0 Å². The molecule has 30 heavy (non-hydrogen) atoms. The van der Waals surface area contributed by atoms with Crippen molar-refractivity contribution in [1.82, 2.24) is 5.32 Å². The summed E-state index contributed by atoms with van der Waals surface area (Å²) < 4.78 is 13.5. The lowest BCUT2D eigenvalue weighted by atomic mass is 10.0. The second-order valence-electron chi connectivity index (χ2n) is 7.69. The van der Waals surface area contributed by atoms with Gasteiger partial charge in [-0.05, 0) is 60.9 Å². The van der Waals surface area contributed by atoms with Crippen LogP contribution in [0.2, 0.25) is 0 Å². The monoisotopic (exact) mass is 418 g/mol. The number of hydrogen-bond acceptors (Lipinski definition) is 3. The Balaban J connectivity index is 1.74. The van der Waals surface area contributed by atoms with Gasteiger partial charge in [0.25, 0.3) is 5.91 Å². The van der Waals surface area contributed by atoms with Gasteiger partial charge < -0.3 is 5.32 Å². The highest BCUT2D eigenvalue weighted by molar-refractivity contribution is 7.99. The Bertz CT molecular complexity index is 1110. The predicted molar refractivity (Wildman–Crippen MR) is 120 cm³/mol. The fourth-order valence-corrected chi connectivity index (χ4v) is 4.29. The summed E-state index contributed by atoms with van der Waals surface area (Å²) in [5.41, 5.74) is 3.94. The number of aliphatic imine (C=N–C) groups is 1. The molecule has 0 bridgehead atoms. The molecule has 0 spiro atoms. The number of nitrogens with zero attached hydrogens (tertiary/aromatic N) is 1. The van der Waals surface area contributed by atoms with Gasteiger partial charge >= 0.3 is 0 Å². The molecule has 0 radical (unpaired) electrons. The van der Waals surface area contributed by atoms with Crippen molar-refractivity contribution >= 4 is 29.1 Å². The number of rotatable bonds is 5. The highest BCUT2D eigenvalue weighted by Gasteiger charge is 2.20. The number of amides is 1. The molecule has 1 amide bonds. The van der Waals surface area contributed by atoms with Crippen molar-refractivity contribution in [3.05, 3.63) is 89.2 Å². The topological polar surface area (TPSA) is 41.5 Å². The fraction of sp³-hybridized carbons (Fsp3) is 0.200. The van der Waals surface area contributed by atoms with E-state index in [-0.39, 0.29) is 11.7 Å². The van der Waals surface area contributed by atoms with Crippen molar-refractivity contribution < 1.29 is 9.18 Å². The Morgan fingerprint density at radius 1 is 1.03 bits per heavy atom. The van der Waals surface area contributed by atoms with Crippen molar-refractivity contribution in [3.63, 3.8) is 0 Å². The van der Waals surface area contributed by atoms with Gasteiger partial charge in [0.05, 0.1) is 11.4 Å². The summed E-state index contributed by atoms with van der Waals surface area (Å²) >= 11 is 1.63. The lowest BCUT2D eigenvalue weighted by molar-refractivity contribution is 0.0952. The number of carbonyl (C=O) groups excluding carboxylic acids is 1.